The Kier molecular flexibility index (Phi) is 5.53. The van der Waals surface area contributed by atoms with Crippen LogP contribution in [0.5, 0.6) is 0 Å². The molecule has 0 radical (unpaired) electrons. The lowest BCUT2D eigenvalue weighted by atomic mass is 10.0. The van der Waals surface area contributed by atoms with Crippen LogP contribution in [-0.2, 0) is 6.42 Å². The highest BCUT2D eigenvalue weighted by Crippen LogP contribution is 2.24. The summed E-state index contributed by atoms with van der Waals surface area (Å²) in [5, 5.41) is 6.11. The van der Waals surface area contributed by atoms with Crippen LogP contribution in [-0.4, -0.2) is 19.5 Å². The highest BCUT2D eigenvalue weighted by Gasteiger charge is 2.12. The molecule has 2 aromatic rings. The van der Waals surface area contributed by atoms with E-state index in [4.69, 9.17) is 0 Å². The summed E-state index contributed by atoms with van der Waals surface area (Å²) >= 11 is 3.48. The number of benzene rings is 2. The Morgan fingerprint density at radius 2 is 1.90 bits per heavy atom. The lowest BCUT2D eigenvalue weighted by Gasteiger charge is -2.12. The van der Waals surface area contributed by atoms with E-state index in [0.717, 1.165) is 39.8 Å². The van der Waals surface area contributed by atoms with Crippen LogP contribution in [0.1, 0.15) is 21.5 Å². The fraction of sp³-hybridized carbons (Fsp3) is 0.235. The molecule has 0 saturated carbocycles. The molecule has 2 aromatic carbocycles. The maximum absolute atomic E-state index is 12.5. The molecule has 0 aromatic heterocycles. The van der Waals surface area contributed by atoms with E-state index in [-0.39, 0.29) is 5.91 Å². The fourth-order valence-electron chi connectivity index (χ4n) is 2.15. The van der Waals surface area contributed by atoms with Crippen molar-refractivity contribution in [2.45, 2.75) is 13.3 Å². The minimum atomic E-state index is -0.0668. The quantitative estimate of drug-likeness (QED) is 0.865. The number of rotatable bonds is 5. The van der Waals surface area contributed by atoms with E-state index in [1.54, 1.807) is 0 Å². The monoisotopic (exact) mass is 346 g/mol. The number of anilines is 1. The second kappa shape index (κ2) is 7.38. The summed E-state index contributed by atoms with van der Waals surface area (Å²) < 4.78 is 0.990. The van der Waals surface area contributed by atoms with Gasteiger partial charge >= 0.3 is 0 Å². The molecule has 0 aliphatic carbocycles. The molecule has 2 rings (SSSR count). The number of hydrogen-bond acceptors (Lipinski definition) is 2. The van der Waals surface area contributed by atoms with Crippen molar-refractivity contribution in [3.05, 3.63) is 63.6 Å². The first-order chi connectivity index (χ1) is 10.1. The summed E-state index contributed by atoms with van der Waals surface area (Å²) in [5.74, 6) is -0.0668. The molecule has 3 nitrogen and oxygen atoms in total. The van der Waals surface area contributed by atoms with Crippen LogP contribution in [0, 0.1) is 6.92 Å². The van der Waals surface area contributed by atoms with Crippen molar-refractivity contribution in [3.63, 3.8) is 0 Å². The van der Waals surface area contributed by atoms with Crippen LogP contribution in [0.2, 0.25) is 0 Å². The molecule has 0 spiro atoms. The van der Waals surface area contributed by atoms with Gasteiger partial charge in [0.25, 0.3) is 5.91 Å². The zero-order valence-electron chi connectivity index (χ0n) is 12.2. The molecular weight excluding hydrogens is 328 g/mol. The number of halogens is 1. The SMILES string of the molecule is CNCCc1ccccc1C(=O)Nc1cccc(Br)c1C. The minimum absolute atomic E-state index is 0.0668. The maximum atomic E-state index is 12.5. The summed E-state index contributed by atoms with van der Waals surface area (Å²) in [6, 6.07) is 13.5. The lowest BCUT2D eigenvalue weighted by Crippen LogP contribution is -2.17. The predicted octanol–water partition coefficient (Wildman–Crippen LogP) is 3.77. The topological polar surface area (TPSA) is 41.1 Å². The largest absolute Gasteiger partial charge is 0.322 e. The molecule has 0 heterocycles. The van der Waals surface area contributed by atoms with Crippen LogP contribution in [0.25, 0.3) is 0 Å². The summed E-state index contributed by atoms with van der Waals surface area (Å²) in [6.07, 6.45) is 0.831. The standard InChI is InChI=1S/C17H19BrN2O/c1-12-15(18)8-5-9-16(12)20-17(21)14-7-4-3-6-13(14)10-11-19-2/h3-9,19H,10-11H2,1-2H3,(H,20,21). The molecule has 4 heteroatoms. The van der Waals surface area contributed by atoms with E-state index >= 15 is 0 Å². The van der Waals surface area contributed by atoms with Gasteiger partial charge in [0, 0.05) is 15.7 Å². The maximum Gasteiger partial charge on any atom is 0.255 e. The predicted molar refractivity (Wildman–Crippen MR) is 90.9 cm³/mol. The highest BCUT2D eigenvalue weighted by molar-refractivity contribution is 9.10. The summed E-state index contributed by atoms with van der Waals surface area (Å²) in [6.45, 7) is 2.83. The van der Waals surface area contributed by atoms with Gasteiger partial charge in [-0.2, -0.15) is 0 Å². The van der Waals surface area contributed by atoms with Crippen molar-refractivity contribution in [2.24, 2.45) is 0 Å². The third-order valence-corrected chi connectivity index (χ3v) is 4.28. The van der Waals surface area contributed by atoms with Crippen LogP contribution >= 0.6 is 15.9 Å². The molecule has 0 fully saturated rings. The molecule has 0 bridgehead atoms. The van der Waals surface area contributed by atoms with E-state index in [1.165, 1.54) is 0 Å². The smallest absolute Gasteiger partial charge is 0.255 e. The van der Waals surface area contributed by atoms with Gasteiger partial charge in [-0.3, -0.25) is 4.79 Å². The summed E-state index contributed by atoms with van der Waals surface area (Å²) in [5.41, 5.74) is 3.64. The van der Waals surface area contributed by atoms with Crippen LogP contribution in [0.15, 0.2) is 46.9 Å². The van der Waals surface area contributed by atoms with E-state index < -0.39 is 0 Å². The van der Waals surface area contributed by atoms with Crippen molar-refractivity contribution in [1.82, 2.24) is 5.32 Å². The number of amides is 1. The van der Waals surface area contributed by atoms with Crippen LogP contribution in [0.3, 0.4) is 0 Å². The van der Waals surface area contributed by atoms with Gasteiger partial charge < -0.3 is 10.6 Å². The van der Waals surface area contributed by atoms with E-state index in [1.807, 2.05) is 56.4 Å². The van der Waals surface area contributed by atoms with Gasteiger partial charge in [0.2, 0.25) is 0 Å². The Morgan fingerprint density at radius 1 is 1.14 bits per heavy atom. The molecule has 0 unspecified atom stereocenters. The van der Waals surface area contributed by atoms with E-state index in [2.05, 4.69) is 26.6 Å². The number of carbonyl (C=O) groups excluding carboxylic acids is 1. The summed E-state index contributed by atoms with van der Waals surface area (Å²) in [4.78, 5) is 12.5. The molecule has 0 atom stereocenters. The fourth-order valence-corrected chi connectivity index (χ4v) is 2.52. The molecule has 0 aliphatic rings. The first kappa shape index (κ1) is 15.7. The molecular formula is C17H19BrN2O. The minimum Gasteiger partial charge on any atom is -0.322 e. The molecule has 110 valence electrons. The Balaban J connectivity index is 2.22. The van der Waals surface area contributed by atoms with Gasteiger partial charge in [-0.05, 0) is 56.3 Å². The van der Waals surface area contributed by atoms with Gasteiger partial charge in [0.05, 0.1) is 0 Å². The second-order valence-corrected chi connectivity index (χ2v) is 5.73. The van der Waals surface area contributed by atoms with E-state index in [0.29, 0.717) is 0 Å². The van der Waals surface area contributed by atoms with Gasteiger partial charge in [0.15, 0.2) is 0 Å². The van der Waals surface area contributed by atoms with Gasteiger partial charge in [0.1, 0.15) is 0 Å². The third-order valence-electron chi connectivity index (χ3n) is 3.42. The van der Waals surface area contributed by atoms with Gasteiger partial charge in [-0.1, -0.05) is 40.2 Å². The second-order valence-electron chi connectivity index (χ2n) is 4.88. The van der Waals surface area contributed by atoms with Crippen molar-refractivity contribution < 1.29 is 4.79 Å². The van der Waals surface area contributed by atoms with Crippen LogP contribution < -0.4 is 10.6 Å². The number of likely N-dealkylation sites (N-methyl/N-ethyl adjacent to an activating group) is 1. The Bertz CT molecular complexity index is 640. The van der Waals surface area contributed by atoms with Crippen molar-refractivity contribution in [2.75, 3.05) is 18.9 Å². The van der Waals surface area contributed by atoms with Crippen molar-refractivity contribution in [3.8, 4) is 0 Å². The molecule has 0 saturated heterocycles. The third kappa shape index (κ3) is 3.93. The number of carbonyl (C=O) groups is 1. The Morgan fingerprint density at radius 3 is 2.67 bits per heavy atom. The molecule has 2 N–H and O–H groups in total. The van der Waals surface area contributed by atoms with Gasteiger partial charge in [-0.15, -0.1) is 0 Å². The first-order valence-corrected chi connectivity index (χ1v) is 7.71. The summed E-state index contributed by atoms with van der Waals surface area (Å²) in [7, 11) is 1.91. The number of hydrogen-bond donors (Lipinski definition) is 2. The van der Waals surface area contributed by atoms with Crippen LogP contribution in [0.4, 0.5) is 5.69 Å². The lowest BCUT2D eigenvalue weighted by molar-refractivity contribution is 0.102. The van der Waals surface area contributed by atoms with Crippen molar-refractivity contribution in [1.29, 1.82) is 0 Å². The molecule has 0 aliphatic heterocycles. The highest BCUT2D eigenvalue weighted by atomic mass is 79.9. The zero-order chi connectivity index (χ0) is 15.2. The van der Waals surface area contributed by atoms with Crippen molar-refractivity contribution >= 4 is 27.5 Å². The molecule has 21 heavy (non-hydrogen) atoms. The number of nitrogens with one attached hydrogen (secondary N) is 2. The average Bonchev–Trinajstić information content (AvgIpc) is 2.50. The van der Waals surface area contributed by atoms with E-state index in [9.17, 15) is 4.79 Å². The Labute approximate surface area is 133 Å². The van der Waals surface area contributed by atoms with Gasteiger partial charge in [-0.25, -0.2) is 0 Å². The molecule has 1 amide bonds. The first-order valence-electron chi connectivity index (χ1n) is 6.92. The Hall–Kier alpha value is -1.65. The average molecular weight is 347 g/mol. The normalized spacial score (nSPS) is 10.4. The zero-order valence-corrected chi connectivity index (χ0v) is 13.8.